The first kappa shape index (κ1) is 16.4. The van der Waals surface area contributed by atoms with Crippen LogP contribution in [0.25, 0.3) is 6.08 Å². The summed E-state index contributed by atoms with van der Waals surface area (Å²) in [5.74, 6) is -0.0586. The van der Waals surface area contributed by atoms with E-state index in [2.05, 4.69) is 10.6 Å². The molecule has 0 radical (unpaired) electrons. The number of nitrogens with one attached hydrogen (secondary N) is 2. The minimum absolute atomic E-state index is 0.0216. The predicted molar refractivity (Wildman–Crippen MR) is 93.8 cm³/mol. The van der Waals surface area contributed by atoms with Crippen molar-refractivity contribution < 1.29 is 19.1 Å². The molecule has 2 N–H and O–H groups in total. The quantitative estimate of drug-likeness (QED) is 0.663. The van der Waals surface area contributed by atoms with Crippen LogP contribution in [0.3, 0.4) is 0 Å². The zero-order valence-electron chi connectivity index (χ0n) is 13.5. The summed E-state index contributed by atoms with van der Waals surface area (Å²) in [5.41, 5.74) is 2.29. The van der Waals surface area contributed by atoms with E-state index in [4.69, 9.17) is 4.74 Å². The van der Waals surface area contributed by atoms with Crippen molar-refractivity contribution in [2.75, 3.05) is 19.0 Å². The molecule has 0 bridgehead atoms. The molecule has 0 aliphatic carbocycles. The number of carbonyl (C=O) groups excluding carboxylic acids is 3. The Bertz CT molecular complexity index is 869. The van der Waals surface area contributed by atoms with Gasteiger partial charge >= 0.3 is 0 Å². The summed E-state index contributed by atoms with van der Waals surface area (Å²) in [6.07, 6.45) is 3.12. The summed E-state index contributed by atoms with van der Waals surface area (Å²) in [4.78, 5) is 35.1. The SMILES string of the molecule is CNC(=O)c1ccc(/C=C/C(=O)c2ccc3c(c2)NC(=O)CO3)cc1. The van der Waals surface area contributed by atoms with Gasteiger partial charge in [0.05, 0.1) is 5.69 Å². The topological polar surface area (TPSA) is 84.5 Å². The molecular weight excluding hydrogens is 320 g/mol. The monoisotopic (exact) mass is 336 g/mol. The molecule has 2 amide bonds. The Kier molecular flexibility index (Phi) is 4.61. The first-order valence-corrected chi connectivity index (χ1v) is 7.68. The number of hydrogen-bond acceptors (Lipinski definition) is 4. The highest BCUT2D eigenvalue weighted by atomic mass is 16.5. The molecule has 1 aliphatic heterocycles. The van der Waals surface area contributed by atoms with Crippen molar-refractivity contribution in [3.8, 4) is 5.75 Å². The number of ketones is 1. The largest absolute Gasteiger partial charge is 0.482 e. The smallest absolute Gasteiger partial charge is 0.262 e. The summed E-state index contributed by atoms with van der Waals surface area (Å²) in [6.45, 7) is -0.0216. The van der Waals surface area contributed by atoms with E-state index in [1.165, 1.54) is 6.08 Å². The Hall–Kier alpha value is -3.41. The lowest BCUT2D eigenvalue weighted by Crippen LogP contribution is -2.25. The lowest BCUT2D eigenvalue weighted by molar-refractivity contribution is -0.118. The summed E-state index contributed by atoms with van der Waals surface area (Å²) in [6, 6.07) is 11.8. The molecule has 25 heavy (non-hydrogen) atoms. The Labute approximate surface area is 144 Å². The third-order valence-electron chi connectivity index (χ3n) is 3.72. The van der Waals surface area contributed by atoms with Gasteiger partial charge in [-0.25, -0.2) is 0 Å². The standard InChI is InChI=1S/C19H16N2O4/c1-20-19(24)13-5-2-12(3-6-13)4-8-16(22)14-7-9-17-15(10-14)21-18(23)11-25-17/h2-10H,11H2,1H3,(H,20,24)(H,21,23)/b8-4+. The van der Waals surface area contributed by atoms with Gasteiger partial charge in [0.25, 0.3) is 11.8 Å². The van der Waals surface area contributed by atoms with Gasteiger partial charge in [0, 0.05) is 18.2 Å². The van der Waals surface area contributed by atoms with E-state index >= 15 is 0 Å². The van der Waals surface area contributed by atoms with Gasteiger partial charge in [-0.1, -0.05) is 18.2 Å². The summed E-state index contributed by atoms with van der Waals surface area (Å²) < 4.78 is 5.27. The normalized spacial score (nSPS) is 12.9. The van der Waals surface area contributed by atoms with E-state index in [0.717, 1.165) is 5.56 Å². The third-order valence-corrected chi connectivity index (χ3v) is 3.72. The molecule has 0 fully saturated rings. The van der Waals surface area contributed by atoms with E-state index in [1.807, 2.05) is 0 Å². The number of carbonyl (C=O) groups is 3. The van der Waals surface area contributed by atoms with Crippen LogP contribution in [0.2, 0.25) is 0 Å². The van der Waals surface area contributed by atoms with Crippen LogP contribution in [0.4, 0.5) is 5.69 Å². The number of rotatable bonds is 4. The van der Waals surface area contributed by atoms with Crippen LogP contribution in [0, 0.1) is 0 Å². The van der Waals surface area contributed by atoms with Crippen molar-refractivity contribution in [1.29, 1.82) is 0 Å². The molecule has 126 valence electrons. The molecule has 6 heteroatoms. The van der Waals surface area contributed by atoms with Crippen LogP contribution >= 0.6 is 0 Å². The minimum Gasteiger partial charge on any atom is -0.482 e. The highest BCUT2D eigenvalue weighted by Crippen LogP contribution is 2.28. The Morgan fingerprint density at radius 2 is 1.84 bits per heavy atom. The Balaban J connectivity index is 1.73. The molecule has 6 nitrogen and oxygen atoms in total. The molecule has 2 aromatic carbocycles. The van der Waals surface area contributed by atoms with Crippen LogP contribution in [0.5, 0.6) is 5.75 Å². The fourth-order valence-corrected chi connectivity index (χ4v) is 2.39. The minimum atomic E-state index is -0.246. The first-order chi connectivity index (χ1) is 12.1. The van der Waals surface area contributed by atoms with E-state index in [0.29, 0.717) is 22.6 Å². The zero-order chi connectivity index (χ0) is 17.8. The number of anilines is 1. The maximum Gasteiger partial charge on any atom is 0.262 e. The second kappa shape index (κ2) is 7.00. The third kappa shape index (κ3) is 3.74. The molecule has 3 rings (SSSR count). The van der Waals surface area contributed by atoms with Crippen LogP contribution in [0.1, 0.15) is 26.3 Å². The van der Waals surface area contributed by atoms with Crippen LogP contribution in [-0.4, -0.2) is 31.3 Å². The van der Waals surface area contributed by atoms with Crippen molar-refractivity contribution in [1.82, 2.24) is 5.32 Å². The van der Waals surface area contributed by atoms with Crippen molar-refractivity contribution in [2.24, 2.45) is 0 Å². The number of allylic oxidation sites excluding steroid dienone is 1. The van der Waals surface area contributed by atoms with E-state index in [1.54, 1.807) is 55.6 Å². The molecule has 2 aromatic rings. The van der Waals surface area contributed by atoms with Gasteiger partial charge < -0.3 is 15.4 Å². The molecule has 0 unspecified atom stereocenters. The van der Waals surface area contributed by atoms with E-state index < -0.39 is 0 Å². The molecule has 0 atom stereocenters. The second-order valence-corrected chi connectivity index (χ2v) is 5.45. The van der Waals surface area contributed by atoms with Crippen LogP contribution in [-0.2, 0) is 4.79 Å². The van der Waals surface area contributed by atoms with Gasteiger partial charge in [-0.2, -0.15) is 0 Å². The van der Waals surface area contributed by atoms with Gasteiger partial charge in [-0.05, 0) is 42.0 Å². The van der Waals surface area contributed by atoms with E-state index in [-0.39, 0.29) is 24.2 Å². The molecular formula is C19H16N2O4. The maximum atomic E-state index is 12.3. The number of benzene rings is 2. The molecule has 0 spiro atoms. The first-order valence-electron chi connectivity index (χ1n) is 7.68. The zero-order valence-corrected chi connectivity index (χ0v) is 13.5. The van der Waals surface area contributed by atoms with Gasteiger partial charge in [-0.15, -0.1) is 0 Å². The van der Waals surface area contributed by atoms with Gasteiger partial charge in [0.15, 0.2) is 12.4 Å². The Morgan fingerprint density at radius 1 is 1.12 bits per heavy atom. The van der Waals surface area contributed by atoms with Crippen LogP contribution in [0.15, 0.2) is 48.5 Å². The Morgan fingerprint density at radius 3 is 2.56 bits per heavy atom. The number of hydrogen-bond donors (Lipinski definition) is 2. The van der Waals surface area contributed by atoms with Crippen molar-refractivity contribution in [3.63, 3.8) is 0 Å². The predicted octanol–water partition coefficient (Wildman–Crippen LogP) is 2.27. The lowest BCUT2D eigenvalue weighted by Gasteiger charge is -2.17. The highest BCUT2D eigenvalue weighted by Gasteiger charge is 2.17. The lowest BCUT2D eigenvalue weighted by atomic mass is 10.1. The van der Waals surface area contributed by atoms with E-state index in [9.17, 15) is 14.4 Å². The maximum absolute atomic E-state index is 12.3. The summed E-state index contributed by atoms with van der Waals surface area (Å²) >= 11 is 0. The average Bonchev–Trinajstić information content (AvgIpc) is 2.65. The number of fused-ring (bicyclic) bond motifs is 1. The average molecular weight is 336 g/mol. The number of amides is 2. The van der Waals surface area contributed by atoms with Gasteiger partial charge in [-0.3, -0.25) is 14.4 Å². The number of ether oxygens (including phenoxy) is 1. The van der Waals surface area contributed by atoms with Gasteiger partial charge in [0.2, 0.25) is 0 Å². The fraction of sp³-hybridized carbons (Fsp3) is 0.105. The molecule has 0 saturated heterocycles. The van der Waals surface area contributed by atoms with Crippen molar-refractivity contribution >= 4 is 29.4 Å². The van der Waals surface area contributed by atoms with Crippen molar-refractivity contribution in [3.05, 3.63) is 65.2 Å². The summed E-state index contributed by atoms with van der Waals surface area (Å²) in [7, 11) is 1.57. The molecule has 0 aromatic heterocycles. The summed E-state index contributed by atoms with van der Waals surface area (Å²) in [5, 5.41) is 5.22. The molecule has 1 heterocycles. The second-order valence-electron chi connectivity index (χ2n) is 5.45. The highest BCUT2D eigenvalue weighted by molar-refractivity contribution is 6.08. The van der Waals surface area contributed by atoms with Gasteiger partial charge in [0.1, 0.15) is 5.75 Å². The molecule has 0 saturated carbocycles. The molecule has 1 aliphatic rings. The van der Waals surface area contributed by atoms with Crippen molar-refractivity contribution in [2.45, 2.75) is 0 Å². The van der Waals surface area contributed by atoms with Crippen LogP contribution < -0.4 is 15.4 Å². The fourth-order valence-electron chi connectivity index (χ4n) is 2.39.